The first-order chi connectivity index (χ1) is 11.8. The summed E-state index contributed by atoms with van der Waals surface area (Å²) in [6.45, 7) is 14.0. The Morgan fingerprint density at radius 2 is 1.50 bits per heavy atom. The van der Waals surface area contributed by atoms with Gasteiger partial charge in [-0.05, 0) is 89.0 Å². The largest absolute Gasteiger partial charge is 0.381 e. The summed E-state index contributed by atoms with van der Waals surface area (Å²) in [7, 11) is 0. The second kappa shape index (κ2) is 8.03. The fourth-order valence-electron chi connectivity index (χ4n) is 5.51. The lowest BCUT2D eigenvalue weighted by Crippen LogP contribution is -2.51. The highest BCUT2D eigenvalue weighted by atomic mass is 16.5. The maximum Gasteiger partial charge on any atom is 0.0507 e. The van der Waals surface area contributed by atoms with Crippen molar-refractivity contribution in [1.82, 2.24) is 14.7 Å². The number of hydrogen-bond acceptors (Lipinski definition) is 4. The highest BCUT2D eigenvalue weighted by molar-refractivity contribution is 4.92. The summed E-state index contributed by atoms with van der Waals surface area (Å²) in [6.07, 6.45) is 9.89. The molecule has 1 spiro atoms. The van der Waals surface area contributed by atoms with Crippen molar-refractivity contribution in [2.75, 3.05) is 72.1 Å². The Hall–Kier alpha value is -0.160. The summed E-state index contributed by atoms with van der Waals surface area (Å²) in [5.41, 5.74) is 0.641. The second-order valence-corrected chi connectivity index (χ2v) is 8.96. The van der Waals surface area contributed by atoms with Crippen LogP contribution in [-0.4, -0.2) is 86.8 Å². The zero-order valence-corrected chi connectivity index (χ0v) is 15.6. The van der Waals surface area contributed by atoms with E-state index in [0.717, 1.165) is 19.1 Å². The quantitative estimate of drug-likeness (QED) is 0.767. The molecule has 0 radical (unpaired) electrons. The Balaban J connectivity index is 1.21. The topological polar surface area (TPSA) is 19.0 Å². The molecule has 4 heterocycles. The van der Waals surface area contributed by atoms with Gasteiger partial charge in [-0.2, -0.15) is 0 Å². The van der Waals surface area contributed by atoms with Crippen LogP contribution in [0.15, 0.2) is 0 Å². The molecule has 4 aliphatic heterocycles. The van der Waals surface area contributed by atoms with Gasteiger partial charge in [0.25, 0.3) is 0 Å². The van der Waals surface area contributed by atoms with Gasteiger partial charge in [0.15, 0.2) is 0 Å². The minimum Gasteiger partial charge on any atom is -0.381 e. The maximum atomic E-state index is 5.58. The molecule has 4 aliphatic rings. The minimum atomic E-state index is 0.641. The molecule has 4 heteroatoms. The van der Waals surface area contributed by atoms with Gasteiger partial charge >= 0.3 is 0 Å². The van der Waals surface area contributed by atoms with Crippen LogP contribution >= 0.6 is 0 Å². The zero-order valence-electron chi connectivity index (χ0n) is 15.6. The molecule has 0 aliphatic carbocycles. The first kappa shape index (κ1) is 17.3. The Morgan fingerprint density at radius 1 is 0.792 bits per heavy atom. The SMILES string of the molecule is C1CCN(CCN2CCC3(CCCN(CC4CCOC4)C3)CC2)C1. The van der Waals surface area contributed by atoms with E-state index < -0.39 is 0 Å². The first-order valence-electron chi connectivity index (χ1n) is 10.6. The van der Waals surface area contributed by atoms with Crippen LogP contribution in [0.4, 0.5) is 0 Å². The fraction of sp³-hybridized carbons (Fsp3) is 1.00. The van der Waals surface area contributed by atoms with E-state index in [2.05, 4.69) is 14.7 Å². The first-order valence-corrected chi connectivity index (χ1v) is 10.6. The molecule has 4 fully saturated rings. The molecule has 4 rings (SSSR count). The standard InChI is InChI=1S/C20H37N3O/c1-2-9-21(8-1)13-14-22-11-6-20(7-12-22)5-3-10-23(18-20)16-19-4-15-24-17-19/h19H,1-18H2. The van der Waals surface area contributed by atoms with Crippen molar-refractivity contribution in [2.45, 2.75) is 44.9 Å². The molecule has 0 aromatic carbocycles. The Labute approximate surface area is 148 Å². The molecule has 1 unspecified atom stereocenters. The molecular weight excluding hydrogens is 298 g/mol. The monoisotopic (exact) mass is 335 g/mol. The fourth-order valence-corrected chi connectivity index (χ4v) is 5.51. The van der Waals surface area contributed by atoms with Crippen molar-refractivity contribution < 1.29 is 4.74 Å². The van der Waals surface area contributed by atoms with Crippen LogP contribution in [0.2, 0.25) is 0 Å². The molecule has 24 heavy (non-hydrogen) atoms. The van der Waals surface area contributed by atoms with Gasteiger partial charge in [-0.1, -0.05) is 0 Å². The van der Waals surface area contributed by atoms with E-state index in [1.807, 2.05) is 0 Å². The van der Waals surface area contributed by atoms with Gasteiger partial charge in [0.05, 0.1) is 6.61 Å². The van der Waals surface area contributed by atoms with Gasteiger partial charge in [-0.3, -0.25) is 0 Å². The van der Waals surface area contributed by atoms with Crippen LogP contribution in [-0.2, 0) is 4.74 Å². The van der Waals surface area contributed by atoms with Gasteiger partial charge in [-0.15, -0.1) is 0 Å². The number of piperidine rings is 2. The summed E-state index contributed by atoms with van der Waals surface area (Å²) >= 11 is 0. The van der Waals surface area contributed by atoms with Crippen LogP contribution < -0.4 is 0 Å². The van der Waals surface area contributed by atoms with E-state index in [0.29, 0.717) is 5.41 Å². The summed E-state index contributed by atoms with van der Waals surface area (Å²) in [6, 6.07) is 0. The summed E-state index contributed by atoms with van der Waals surface area (Å²) < 4.78 is 5.58. The molecule has 0 aromatic heterocycles. The average molecular weight is 336 g/mol. The zero-order chi connectivity index (χ0) is 16.2. The molecule has 4 saturated heterocycles. The van der Waals surface area contributed by atoms with Crippen LogP contribution in [0.1, 0.15) is 44.9 Å². The number of nitrogens with zero attached hydrogens (tertiary/aromatic N) is 3. The van der Waals surface area contributed by atoms with Crippen molar-refractivity contribution in [3.63, 3.8) is 0 Å². The maximum absolute atomic E-state index is 5.58. The van der Waals surface area contributed by atoms with Gasteiger partial charge < -0.3 is 19.4 Å². The molecule has 0 bridgehead atoms. The van der Waals surface area contributed by atoms with E-state index in [9.17, 15) is 0 Å². The number of likely N-dealkylation sites (tertiary alicyclic amines) is 3. The lowest BCUT2D eigenvalue weighted by atomic mass is 9.72. The highest BCUT2D eigenvalue weighted by Crippen LogP contribution is 2.40. The summed E-state index contributed by atoms with van der Waals surface area (Å²) in [5, 5.41) is 0. The van der Waals surface area contributed by atoms with E-state index >= 15 is 0 Å². The van der Waals surface area contributed by atoms with Gasteiger partial charge in [0, 0.05) is 32.8 Å². The lowest BCUT2D eigenvalue weighted by molar-refractivity contribution is 0.0156. The molecule has 0 saturated carbocycles. The van der Waals surface area contributed by atoms with Gasteiger partial charge in [0.1, 0.15) is 0 Å². The van der Waals surface area contributed by atoms with Crippen molar-refractivity contribution in [3.05, 3.63) is 0 Å². The third-order valence-electron chi connectivity index (χ3n) is 7.13. The molecular formula is C20H37N3O. The lowest BCUT2D eigenvalue weighted by Gasteiger charge is -2.48. The third kappa shape index (κ3) is 4.32. The molecule has 1 atom stereocenters. The Kier molecular flexibility index (Phi) is 5.77. The normalized spacial score (nSPS) is 32.8. The van der Waals surface area contributed by atoms with Crippen LogP contribution in [0, 0.1) is 11.3 Å². The van der Waals surface area contributed by atoms with Gasteiger partial charge in [-0.25, -0.2) is 0 Å². The second-order valence-electron chi connectivity index (χ2n) is 8.96. The molecule has 0 amide bonds. The molecule has 138 valence electrons. The molecule has 4 nitrogen and oxygen atoms in total. The third-order valence-corrected chi connectivity index (χ3v) is 7.13. The predicted octanol–water partition coefficient (Wildman–Crippen LogP) is 2.30. The minimum absolute atomic E-state index is 0.641. The van der Waals surface area contributed by atoms with Crippen LogP contribution in [0.25, 0.3) is 0 Å². The van der Waals surface area contributed by atoms with E-state index in [-0.39, 0.29) is 0 Å². The predicted molar refractivity (Wildman–Crippen MR) is 98.4 cm³/mol. The van der Waals surface area contributed by atoms with Crippen molar-refractivity contribution >= 4 is 0 Å². The molecule has 0 N–H and O–H groups in total. The average Bonchev–Trinajstić information content (AvgIpc) is 3.28. The number of ether oxygens (including phenoxy) is 1. The smallest absolute Gasteiger partial charge is 0.0507 e. The Bertz CT molecular complexity index is 382. The van der Waals surface area contributed by atoms with Crippen molar-refractivity contribution in [2.24, 2.45) is 11.3 Å². The molecule has 0 aromatic rings. The number of hydrogen-bond donors (Lipinski definition) is 0. The number of rotatable bonds is 5. The Morgan fingerprint density at radius 3 is 2.21 bits per heavy atom. The van der Waals surface area contributed by atoms with E-state index in [4.69, 9.17) is 4.74 Å². The van der Waals surface area contributed by atoms with E-state index in [1.54, 1.807) is 0 Å². The summed E-state index contributed by atoms with van der Waals surface area (Å²) in [4.78, 5) is 8.19. The summed E-state index contributed by atoms with van der Waals surface area (Å²) in [5.74, 6) is 0.806. The van der Waals surface area contributed by atoms with Gasteiger partial charge in [0.2, 0.25) is 0 Å². The van der Waals surface area contributed by atoms with E-state index in [1.165, 1.54) is 104 Å². The van der Waals surface area contributed by atoms with Crippen LogP contribution in [0.3, 0.4) is 0 Å². The van der Waals surface area contributed by atoms with Crippen molar-refractivity contribution in [1.29, 1.82) is 0 Å². The van der Waals surface area contributed by atoms with Crippen LogP contribution in [0.5, 0.6) is 0 Å². The van der Waals surface area contributed by atoms with Crippen molar-refractivity contribution in [3.8, 4) is 0 Å². The highest BCUT2D eigenvalue weighted by Gasteiger charge is 2.38.